The first kappa shape index (κ1) is 16.8. The van der Waals surface area contributed by atoms with Crippen LogP contribution in [0.1, 0.15) is 20.8 Å². The van der Waals surface area contributed by atoms with Crippen LogP contribution in [0.15, 0.2) is 24.3 Å². The maximum Gasteiger partial charge on any atom is 0.329 e. The van der Waals surface area contributed by atoms with Crippen LogP contribution in [0.25, 0.3) is 0 Å². The molecule has 0 unspecified atom stereocenters. The molecule has 1 rings (SSSR count). The molecule has 0 saturated carbocycles. The lowest BCUT2D eigenvalue weighted by molar-refractivity contribution is -0.156. The highest BCUT2D eigenvalue weighted by atomic mass is 16.5. The van der Waals surface area contributed by atoms with Gasteiger partial charge in [-0.3, -0.25) is 4.79 Å². The summed E-state index contributed by atoms with van der Waals surface area (Å²) in [6, 6.07) is 6.88. The summed E-state index contributed by atoms with van der Waals surface area (Å²) in [5.74, 6) is -0.232. The van der Waals surface area contributed by atoms with Crippen LogP contribution in [0, 0.1) is 0 Å². The molecule has 1 N–H and O–H groups in total. The lowest BCUT2D eigenvalue weighted by Crippen LogP contribution is -2.52. The largest absolute Gasteiger partial charge is 0.494 e. The van der Waals surface area contributed by atoms with Crippen molar-refractivity contribution in [1.82, 2.24) is 4.90 Å². The summed E-state index contributed by atoms with van der Waals surface area (Å²) in [7, 11) is 1.44. The molecule has 0 fully saturated rings. The normalized spacial score (nSPS) is 10.9. The molecule has 1 aromatic carbocycles. The van der Waals surface area contributed by atoms with E-state index in [-0.39, 0.29) is 6.61 Å². The Morgan fingerprint density at radius 1 is 1.14 bits per heavy atom. The molecule has 116 valence electrons. The first-order valence-corrected chi connectivity index (χ1v) is 6.64. The Bertz CT molecular complexity index is 495. The summed E-state index contributed by atoms with van der Waals surface area (Å²) >= 11 is 0. The van der Waals surface area contributed by atoms with Crippen LogP contribution in [0.2, 0.25) is 0 Å². The van der Waals surface area contributed by atoms with Gasteiger partial charge in [0.15, 0.2) is 6.61 Å². The van der Waals surface area contributed by atoms with Crippen LogP contribution in [0.3, 0.4) is 0 Å². The summed E-state index contributed by atoms with van der Waals surface area (Å²) < 4.78 is 10.7. The smallest absolute Gasteiger partial charge is 0.329 e. The molecule has 0 aliphatic carbocycles. The summed E-state index contributed by atoms with van der Waals surface area (Å²) in [4.78, 5) is 24.2. The fourth-order valence-electron chi connectivity index (χ4n) is 1.50. The zero-order valence-corrected chi connectivity index (χ0v) is 12.8. The van der Waals surface area contributed by atoms with E-state index in [9.17, 15) is 9.59 Å². The Balaban J connectivity index is 2.58. The summed E-state index contributed by atoms with van der Waals surface area (Å²) in [6.07, 6.45) is 0. The van der Waals surface area contributed by atoms with Gasteiger partial charge in [-0.1, -0.05) is 0 Å². The molecule has 0 aliphatic heterocycles. The number of carboxylic acids is 1. The van der Waals surface area contributed by atoms with Crippen molar-refractivity contribution >= 4 is 11.9 Å². The fourth-order valence-corrected chi connectivity index (χ4v) is 1.50. The SMILES string of the molecule is CCOc1ccc(OCC(=O)N(C)C(C)(C)C(=O)O)cc1. The van der Waals surface area contributed by atoms with Crippen LogP contribution in [-0.4, -0.2) is 47.7 Å². The molecule has 6 nitrogen and oxygen atoms in total. The highest BCUT2D eigenvalue weighted by Gasteiger charge is 2.35. The molecule has 0 atom stereocenters. The zero-order valence-electron chi connectivity index (χ0n) is 12.8. The van der Waals surface area contributed by atoms with Gasteiger partial charge < -0.3 is 19.5 Å². The van der Waals surface area contributed by atoms with Gasteiger partial charge in [-0.15, -0.1) is 0 Å². The van der Waals surface area contributed by atoms with Crippen LogP contribution in [0.4, 0.5) is 0 Å². The summed E-state index contributed by atoms with van der Waals surface area (Å²) in [5.41, 5.74) is -1.28. The van der Waals surface area contributed by atoms with Gasteiger partial charge in [0.2, 0.25) is 0 Å². The van der Waals surface area contributed by atoms with Gasteiger partial charge in [0.25, 0.3) is 5.91 Å². The summed E-state index contributed by atoms with van der Waals surface area (Å²) in [6.45, 7) is 5.17. The van der Waals surface area contributed by atoms with Crippen LogP contribution >= 0.6 is 0 Å². The third kappa shape index (κ3) is 4.37. The molecular formula is C15H21NO5. The molecule has 0 radical (unpaired) electrons. The molecule has 21 heavy (non-hydrogen) atoms. The highest BCUT2D eigenvalue weighted by molar-refractivity contribution is 5.86. The Morgan fingerprint density at radius 3 is 2.05 bits per heavy atom. The monoisotopic (exact) mass is 295 g/mol. The number of nitrogens with zero attached hydrogens (tertiary/aromatic N) is 1. The topological polar surface area (TPSA) is 76.1 Å². The fraction of sp³-hybridized carbons (Fsp3) is 0.467. The second-order valence-electron chi connectivity index (χ2n) is 5.01. The van der Waals surface area contributed by atoms with Crippen molar-refractivity contribution in [2.24, 2.45) is 0 Å². The van der Waals surface area contributed by atoms with Crippen molar-refractivity contribution in [2.45, 2.75) is 26.3 Å². The van der Waals surface area contributed by atoms with Crippen molar-refractivity contribution in [2.75, 3.05) is 20.3 Å². The molecule has 1 amide bonds. The lowest BCUT2D eigenvalue weighted by atomic mass is 10.0. The van der Waals surface area contributed by atoms with Gasteiger partial charge in [-0.2, -0.15) is 0 Å². The molecule has 0 aromatic heterocycles. The third-order valence-electron chi connectivity index (χ3n) is 3.23. The molecule has 6 heteroatoms. The van der Waals surface area contributed by atoms with E-state index in [0.29, 0.717) is 12.4 Å². The van der Waals surface area contributed by atoms with Crippen molar-refractivity contribution in [3.8, 4) is 11.5 Å². The van der Waals surface area contributed by atoms with Crippen LogP contribution < -0.4 is 9.47 Å². The quantitative estimate of drug-likeness (QED) is 0.830. The van der Waals surface area contributed by atoms with E-state index in [1.165, 1.54) is 20.9 Å². The van der Waals surface area contributed by atoms with E-state index in [1.807, 2.05) is 6.92 Å². The van der Waals surface area contributed by atoms with Crippen molar-refractivity contribution < 1.29 is 24.2 Å². The Labute approximate surface area is 124 Å². The number of hydrogen-bond donors (Lipinski definition) is 1. The van der Waals surface area contributed by atoms with E-state index in [1.54, 1.807) is 24.3 Å². The molecule has 0 saturated heterocycles. The second kappa shape index (κ2) is 6.97. The first-order valence-electron chi connectivity index (χ1n) is 6.64. The highest BCUT2D eigenvalue weighted by Crippen LogP contribution is 2.18. The van der Waals surface area contributed by atoms with Gasteiger partial charge in [-0.25, -0.2) is 4.79 Å². The number of carboxylic acid groups (broad SMARTS) is 1. The molecule has 0 aliphatic rings. The summed E-state index contributed by atoms with van der Waals surface area (Å²) in [5, 5.41) is 9.08. The molecule has 0 heterocycles. The Kier molecular flexibility index (Phi) is 5.58. The van der Waals surface area contributed by atoms with Crippen LogP contribution in [0.5, 0.6) is 11.5 Å². The predicted octanol–water partition coefficient (Wildman–Crippen LogP) is 1.79. The van der Waals surface area contributed by atoms with E-state index < -0.39 is 17.4 Å². The number of carbonyl (C=O) groups is 2. The maximum atomic E-state index is 11.9. The third-order valence-corrected chi connectivity index (χ3v) is 3.23. The number of amides is 1. The molecule has 1 aromatic rings. The number of rotatable bonds is 7. The average Bonchev–Trinajstić information content (AvgIpc) is 2.45. The van der Waals surface area contributed by atoms with Crippen molar-refractivity contribution in [3.05, 3.63) is 24.3 Å². The molecular weight excluding hydrogens is 274 g/mol. The standard InChI is InChI=1S/C15H21NO5/c1-5-20-11-6-8-12(9-7-11)21-10-13(17)16(4)15(2,3)14(18)19/h6-9H,5,10H2,1-4H3,(H,18,19). The minimum atomic E-state index is -1.28. The van der Waals surface area contributed by atoms with Gasteiger partial charge in [0, 0.05) is 7.05 Å². The lowest BCUT2D eigenvalue weighted by Gasteiger charge is -2.31. The van der Waals surface area contributed by atoms with E-state index >= 15 is 0 Å². The minimum absolute atomic E-state index is 0.221. The van der Waals surface area contributed by atoms with Gasteiger partial charge in [0.05, 0.1) is 6.61 Å². The van der Waals surface area contributed by atoms with Gasteiger partial charge >= 0.3 is 5.97 Å². The van der Waals surface area contributed by atoms with E-state index in [4.69, 9.17) is 14.6 Å². The number of benzene rings is 1. The second-order valence-corrected chi connectivity index (χ2v) is 5.01. The first-order chi connectivity index (χ1) is 9.78. The number of ether oxygens (including phenoxy) is 2. The Hall–Kier alpha value is -2.24. The van der Waals surface area contributed by atoms with E-state index in [0.717, 1.165) is 10.6 Å². The van der Waals surface area contributed by atoms with Crippen molar-refractivity contribution in [1.29, 1.82) is 0 Å². The van der Waals surface area contributed by atoms with Crippen LogP contribution in [-0.2, 0) is 9.59 Å². The zero-order chi connectivity index (χ0) is 16.0. The van der Waals surface area contributed by atoms with Crippen molar-refractivity contribution in [3.63, 3.8) is 0 Å². The number of carbonyl (C=O) groups excluding carboxylic acids is 1. The minimum Gasteiger partial charge on any atom is -0.494 e. The Morgan fingerprint density at radius 2 is 1.62 bits per heavy atom. The average molecular weight is 295 g/mol. The number of aliphatic carboxylic acids is 1. The predicted molar refractivity (Wildman–Crippen MR) is 77.6 cm³/mol. The maximum absolute atomic E-state index is 11.9. The van der Waals surface area contributed by atoms with Gasteiger partial charge in [-0.05, 0) is 45.0 Å². The molecule has 0 bridgehead atoms. The van der Waals surface area contributed by atoms with E-state index in [2.05, 4.69) is 0 Å². The number of likely N-dealkylation sites (N-methyl/N-ethyl adjacent to an activating group) is 1. The molecule has 0 spiro atoms. The van der Waals surface area contributed by atoms with Gasteiger partial charge in [0.1, 0.15) is 17.0 Å². The number of hydrogen-bond acceptors (Lipinski definition) is 4.